The first kappa shape index (κ1) is 25.6. The van der Waals surface area contributed by atoms with E-state index in [4.69, 9.17) is 9.15 Å². The lowest BCUT2D eigenvalue weighted by Gasteiger charge is -2.31. The van der Waals surface area contributed by atoms with E-state index in [0.717, 1.165) is 24.2 Å². The molecule has 1 aromatic heterocycles. The first-order valence-corrected chi connectivity index (χ1v) is 12.2. The van der Waals surface area contributed by atoms with Crippen molar-refractivity contribution in [2.45, 2.75) is 20.0 Å². The molecule has 1 fully saturated rings. The van der Waals surface area contributed by atoms with Gasteiger partial charge in [0.25, 0.3) is 5.91 Å². The van der Waals surface area contributed by atoms with Gasteiger partial charge >= 0.3 is 0 Å². The molecule has 0 atom stereocenters. The number of carbonyl (C=O) groups excluding carboxylic acids is 2. The fourth-order valence-corrected chi connectivity index (χ4v) is 4.22. The third-order valence-corrected chi connectivity index (χ3v) is 6.34. The number of amides is 2. The van der Waals surface area contributed by atoms with Crippen LogP contribution < -0.4 is 0 Å². The number of benzene rings is 2. The Morgan fingerprint density at radius 1 is 0.944 bits per heavy atom. The highest BCUT2D eigenvalue weighted by atomic mass is 19.1. The fourth-order valence-electron chi connectivity index (χ4n) is 4.22. The maximum atomic E-state index is 13.6. The number of morpholine rings is 1. The van der Waals surface area contributed by atoms with Crippen LogP contribution in [-0.4, -0.2) is 72.5 Å². The van der Waals surface area contributed by atoms with E-state index in [-0.39, 0.29) is 37.3 Å². The first-order chi connectivity index (χ1) is 17.5. The predicted molar refractivity (Wildman–Crippen MR) is 134 cm³/mol. The SMILES string of the molecule is Cc1ccccc1C(=O)N(CCN1CCOCC1)CC(=O)N(Cc1ccc(F)cc1)Cc1ccco1. The van der Waals surface area contributed by atoms with E-state index < -0.39 is 0 Å². The standard InChI is InChI=1S/C28H32FN3O4/c1-22-5-2-3-7-26(22)28(34)31(13-12-30-14-17-35-18-15-30)21-27(33)32(20-25-6-4-16-36-25)19-23-8-10-24(29)11-9-23/h2-11,16H,12-15,17-21H2,1H3. The summed E-state index contributed by atoms with van der Waals surface area (Å²) in [7, 11) is 0. The second-order valence-electron chi connectivity index (χ2n) is 8.95. The Morgan fingerprint density at radius 2 is 1.69 bits per heavy atom. The maximum Gasteiger partial charge on any atom is 0.254 e. The van der Waals surface area contributed by atoms with Crippen molar-refractivity contribution in [2.24, 2.45) is 0 Å². The Balaban J connectivity index is 1.53. The Morgan fingerprint density at radius 3 is 2.39 bits per heavy atom. The highest BCUT2D eigenvalue weighted by molar-refractivity contribution is 5.97. The van der Waals surface area contributed by atoms with E-state index in [2.05, 4.69) is 4.90 Å². The molecule has 36 heavy (non-hydrogen) atoms. The summed E-state index contributed by atoms with van der Waals surface area (Å²) < 4.78 is 24.3. The second kappa shape index (κ2) is 12.5. The van der Waals surface area contributed by atoms with E-state index >= 15 is 0 Å². The van der Waals surface area contributed by atoms with Gasteiger partial charge < -0.3 is 19.0 Å². The van der Waals surface area contributed by atoms with Crippen LogP contribution in [0.2, 0.25) is 0 Å². The fraction of sp³-hybridized carbons (Fsp3) is 0.357. The molecule has 0 radical (unpaired) electrons. The molecule has 0 unspecified atom stereocenters. The number of furan rings is 1. The van der Waals surface area contributed by atoms with Crippen LogP contribution in [0.4, 0.5) is 4.39 Å². The first-order valence-electron chi connectivity index (χ1n) is 12.2. The minimum Gasteiger partial charge on any atom is -0.467 e. The van der Waals surface area contributed by atoms with Crippen LogP contribution in [0, 0.1) is 12.7 Å². The Kier molecular flexibility index (Phi) is 8.86. The number of rotatable bonds is 10. The molecule has 3 aromatic rings. The van der Waals surface area contributed by atoms with Crippen molar-refractivity contribution in [3.05, 3.63) is 95.2 Å². The minimum absolute atomic E-state index is 0.0700. The maximum absolute atomic E-state index is 13.6. The van der Waals surface area contributed by atoms with Gasteiger partial charge in [-0.15, -0.1) is 0 Å². The third-order valence-electron chi connectivity index (χ3n) is 6.34. The molecule has 2 amide bonds. The summed E-state index contributed by atoms with van der Waals surface area (Å²) in [5.41, 5.74) is 2.25. The van der Waals surface area contributed by atoms with Crippen molar-refractivity contribution in [3.63, 3.8) is 0 Å². The second-order valence-corrected chi connectivity index (χ2v) is 8.95. The zero-order chi connectivity index (χ0) is 25.3. The van der Waals surface area contributed by atoms with Gasteiger partial charge in [-0.25, -0.2) is 4.39 Å². The molecule has 0 aliphatic carbocycles. The molecule has 0 spiro atoms. The van der Waals surface area contributed by atoms with Gasteiger partial charge in [-0.3, -0.25) is 14.5 Å². The molecule has 0 bridgehead atoms. The van der Waals surface area contributed by atoms with E-state index in [1.54, 1.807) is 46.4 Å². The molecule has 1 aliphatic rings. The van der Waals surface area contributed by atoms with Crippen LogP contribution in [0.25, 0.3) is 0 Å². The zero-order valence-electron chi connectivity index (χ0n) is 20.6. The van der Waals surface area contributed by atoms with E-state index in [1.165, 1.54) is 12.1 Å². The molecule has 190 valence electrons. The largest absolute Gasteiger partial charge is 0.467 e. The molecule has 8 heteroatoms. The van der Waals surface area contributed by atoms with Gasteiger partial charge in [0.2, 0.25) is 5.91 Å². The summed E-state index contributed by atoms with van der Waals surface area (Å²) >= 11 is 0. The summed E-state index contributed by atoms with van der Waals surface area (Å²) in [4.78, 5) is 32.7. The molecule has 1 aliphatic heterocycles. The van der Waals surface area contributed by atoms with Gasteiger partial charge in [0.1, 0.15) is 18.1 Å². The van der Waals surface area contributed by atoms with Crippen molar-refractivity contribution in [1.82, 2.24) is 14.7 Å². The van der Waals surface area contributed by atoms with Crippen LogP contribution in [0.3, 0.4) is 0 Å². The minimum atomic E-state index is -0.333. The molecule has 2 heterocycles. The molecule has 0 saturated carbocycles. The molecular weight excluding hydrogens is 461 g/mol. The van der Waals surface area contributed by atoms with Crippen molar-refractivity contribution in [1.29, 1.82) is 0 Å². The number of hydrogen-bond acceptors (Lipinski definition) is 5. The Bertz CT molecular complexity index is 1130. The van der Waals surface area contributed by atoms with Gasteiger partial charge in [-0.2, -0.15) is 0 Å². The van der Waals surface area contributed by atoms with Crippen LogP contribution in [-0.2, 0) is 22.6 Å². The van der Waals surface area contributed by atoms with E-state index in [9.17, 15) is 14.0 Å². The smallest absolute Gasteiger partial charge is 0.254 e. The van der Waals surface area contributed by atoms with Crippen molar-refractivity contribution < 1.29 is 23.1 Å². The average Bonchev–Trinajstić information content (AvgIpc) is 3.41. The average molecular weight is 494 g/mol. The highest BCUT2D eigenvalue weighted by Gasteiger charge is 2.25. The molecular formula is C28H32FN3O4. The van der Waals surface area contributed by atoms with Crippen LogP contribution in [0.5, 0.6) is 0 Å². The Labute approximate surface area is 211 Å². The lowest BCUT2D eigenvalue weighted by molar-refractivity contribution is -0.133. The summed E-state index contributed by atoms with van der Waals surface area (Å²) in [5, 5.41) is 0. The van der Waals surface area contributed by atoms with Gasteiger partial charge in [-0.1, -0.05) is 30.3 Å². The number of nitrogens with zero attached hydrogens (tertiary/aromatic N) is 3. The van der Waals surface area contributed by atoms with Gasteiger partial charge in [-0.05, 0) is 48.4 Å². The van der Waals surface area contributed by atoms with Gasteiger partial charge in [0.05, 0.1) is 26.0 Å². The molecule has 4 rings (SSSR count). The molecule has 2 aromatic carbocycles. The molecule has 1 saturated heterocycles. The lowest BCUT2D eigenvalue weighted by Crippen LogP contribution is -2.47. The van der Waals surface area contributed by atoms with Gasteiger partial charge in [0, 0.05) is 38.3 Å². The third kappa shape index (κ3) is 7.02. The zero-order valence-corrected chi connectivity index (χ0v) is 20.6. The normalized spacial score (nSPS) is 13.9. The van der Waals surface area contributed by atoms with Crippen LogP contribution >= 0.6 is 0 Å². The quantitative estimate of drug-likeness (QED) is 0.431. The van der Waals surface area contributed by atoms with Crippen LogP contribution in [0.15, 0.2) is 71.3 Å². The molecule has 7 nitrogen and oxygen atoms in total. The summed E-state index contributed by atoms with van der Waals surface area (Å²) in [6, 6.07) is 17.1. The number of ether oxygens (including phenoxy) is 1. The van der Waals surface area contributed by atoms with Crippen molar-refractivity contribution in [3.8, 4) is 0 Å². The number of halogens is 1. The number of aryl methyl sites for hydroxylation is 1. The lowest BCUT2D eigenvalue weighted by atomic mass is 10.1. The number of hydrogen-bond donors (Lipinski definition) is 0. The number of carbonyl (C=O) groups is 2. The monoisotopic (exact) mass is 493 g/mol. The van der Waals surface area contributed by atoms with Crippen molar-refractivity contribution >= 4 is 11.8 Å². The van der Waals surface area contributed by atoms with E-state index in [0.29, 0.717) is 37.6 Å². The topological polar surface area (TPSA) is 66.2 Å². The van der Waals surface area contributed by atoms with Crippen molar-refractivity contribution in [2.75, 3.05) is 45.9 Å². The summed E-state index contributed by atoms with van der Waals surface area (Å²) in [6.07, 6.45) is 1.56. The summed E-state index contributed by atoms with van der Waals surface area (Å²) in [5.74, 6) is -0.0783. The highest BCUT2D eigenvalue weighted by Crippen LogP contribution is 2.15. The van der Waals surface area contributed by atoms with E-state index in [1.807, 2.05) is 25.1 Å². The van der Waals surface area contributed by atoms with Crippen LogP contribution in [0.1, 0.15) is 27.2 Å². The van der Waals surface area contributed by atoms with Gasteiger partial charge in [0.15, 0.2) is 0 Å². The summed E-state index contributed by atoms with van der Waals surface area (Å²) in [6.45, 7) is 6.36. The predicted octanol–water partition coefficient (Wildman–Crippen LogP) is 3.73. The molecule has 0 N–H and O–H groups in total. The Hall–Kier alpha value is -3.49.